The molecule has 0 saturated heterocycles. The third-order valence-electron chi connectivity index (χ3n) is 4.93. The monoisotopic (exact) mass is 463 g/mol. The number of hydrogen-bond acceptors (Lipinski definition) is 5. The van der Waals surface area contributed by atoms with Crippen LogP contribution in [0.25, 0.3) is 16.9 Å². The van der Waals surface area contributed by atoms with Gasteiger partial charge in [0.15, 0.2) is 0 Å². The second-order valence-corrected chi connectivity index (χ2v) is 7.76. The van der Waals surface area contributed by atoms with E-state index in [-0.39, 0.29) is 25.7 Å². The van der Waals surface area contributed by atoms with Gasteiger partial charge in [-0.05, 0) is 32.9 Å². The van der Waals surface area contributed by atoms with E-state index < -0.39 is 17.9 Å². The van der Waals surface area contributed by atoms with Gasteiger partial charge >= 0.3 is 12.0 Å². The number of carbonyl (C=O) groups is 3. The van der Waals surface area contributed by atoms with Crippen molar-refractivity contribution in [2.45, 2.75) is 26.8 Å². The molecule has 0 unspecified atom stereocenters. The second-order valence-electron chi connectivity index (χ2n) is 7.76. The SMILES string of the molecule is CCOC(=O)CNC(=O)N(CC(=O)Nc1cc(-c2ccccc2)nn1-c1ccccc1)C(C)C. The minimum Gasteiger partial charge on any atom is -0.465 e. The summed E-state index contributed by atoms with van der Waals surface area (Å²) in [5, 5.41) is 10.0. The van der Waals surface area contributed by atoms with Crippen LogP contribution in [0.3, 0.4) is 0 Å². The van der Waals surface area contributed by atoms with Crippen molar-refractivity contribution >= 4 is 23.7 Å². The van der Waals surface area contributed by atoms with E-state index in [4.69, 9.17) is 4.74 Å². The summed E-state index contributed by atoms with van der Waals surface area (Å²) >= 11 is 0. The molecule has 3 aromatic rings. The lowest BCUT2D eigenvalue weighted by Crippen LogP contribution is -2.48. The van der Waals surface area contributed by atoms with Crippen LogP contribution in [-0.4, -0.2) is 58.3 Å². The van der Waals surface area contributed by atoms with E-state index in [9.17, 15) is 14.4 Å². The molecule has 0 bridgehead atoms. The molecular weight excluding hydrogens is 434 g/mol. The van der Waals surface area contributed by atoms with Crippen molar-refractivity contribution in [3.63, 3.8) is 0 Å². The minimum absolute atomic E-state index is 0.201. The maximum absolute atomic E-state index is 12.9. The van der Waals surface area contributed by atoms with Gasteiger partial charge < -0.3 is 20.3 Å². The number of ether oxygens (including phenoxy) is 1. The molecule has 178 valence electrons. The summed E-state index contributed by atoms with van der Waals surface area (Å²) in [5.41, 5.74) is 2.40. The Balaban J connectivity index is 1.77. The number of nitrogens with one attached hydrogen (secondary N) is 2. The zero-order valence-electron chi connectivity index (χ0n) is 19.5. The first kappa shape index (κ1) is 24.5. The lowest BCUT2D eigenvalue weighted by atomic mass is 10.1. The van der Waals surface area contributed by atoms with Crippen molar-refractivity contribution in [3.8, 4) is 16.9 Å². The molecule has 0 aliphatic carbocycles. The van der Waals surface area contributed by atoms with Crippen LogP contribution >= 0.6 is 0 Å². The minimum atomic E-state index is -0.538. The van der Waals surface area contributed by atoms with E-state index in [2.05, 4.69) is 15.7 Å². The molecule has 3 rings (SSSR count). The number of aromatic nitrogens is 2. The van der Waals surface area contributed by atoms with Crippen molar-refractivity contribution in [2.75, 3.05) is 25.0 Å². The predicted octanol–water partition coefficient (Wildman–Crippen LogP) is 3.46. The molecule has 2 aromatic carbocycles. The average molecular weight is 464 g/mol. The topological polar surface area (TPSA) is 106 Å². The Morgan fingerprint density at radius 3 is 2.29 bits per heavy atom. The van der Waals surface area contributed by atoms with Gasteiger partial charge in [-0.3, -0.25) is 9.59 Å². The van der Waals surface area contributed by atoms with Gasteiger partial charge in [-0.15, -0.1) is 0 Å². The zero-order chi connectivity index (χ0) is 24.5. The Labute approximate surface area is 198 Å². The number of anilines is 1. The molecule has 34 heavy (non-hydrogen) atoms. The van der Waals surface area contributed by atoms with Crippen LogP contribution in [0.4, 0.5) is 10.6 Å². The number of carbonyl (C=O) groups excluding carboxylic acids is 3. The number of esters is 1. The molecule has 2 N–H and O–H groups in total. The fourth-order valence-corrected chi connectivity index (χ4v) is 3.27. The van der Waals surface area contributed by atoms with Crippen molar-refractivity contribution in [3.05, 3.63) is 66.7 Å². The maximum atomic E-state index is 12.9. The van der Waals surface area contributed by atoms with Gasteiger partial charge in [-0.25, -0.2) is 9.48 Å². The van der Waals surface area contributed by atoms with Gasteiger partial charge in [0.2, 0.25) is 5.91 Å². The fraction of sp³-hybridized carbons (Fsp3) is 0.280. The first-order valence-electron chi connectivity index (χ1n) is 11.1. The quantitative estimate of drug-likeness (QED) is 0.473. The van der Waals surface area contributed by atoms with Crippen molar-refractivity contribution in [2.24, 2.45) is 0 Å². The second kappa shape index (κ2) is 11.6. The summed E-state index contributed by atoms with van der Waals surface area (Å²) in [6.07, 6.45) is 0. The highest BCUT2D eigenvalue weighted by molar-refractivity contribution is 5.94. The van der Waals surface area contributed by atoms with Crippen LogP contribution in [0.5, 0.6) is 0 Å². The normalized spacial score (nSPS) is 10.6. The Morgan fingerprint density at radius 1 is 1.03 bits per heavy atom. The smallest absolute Gasteiger partial charge is 0.325 e. The number of nitrogens with zero attached hydrogens (tertiary/aromatic N) is 3. The number of urea groups is 1. The molecule has 0 aliphatic heterocycles. The van der Waals surface area contributed by atoms with E-state index in [1.807, 2.05) is 60.7 Å². The summed E-state index contributed by atoms with van der Waals surface area (Å²) in [4.78, 5) is 38.4. The van der Waals surface area contributed by atoms with Crippen LogP contribution in [0.1, 0.15) is 20.8 Å². The molecule has 9 nitrogen and oxygen atoms in total. The number of benzene rings is 2. The van der Waals surface area contributed by atoms with Crippen LogP contribution in [-0.2, 0) is 14.3 Å². The van der Waals surface area contributed by atoms with Crippen molar-refractivity contribution in [1.82, 2.24) is 20.0 Å². The molecule has 0 aliphatic rings. The van der Waals surface area contributed by atoms with Gasteiger partial charge in [0.25, 0.3) is 0 Å². The van der Waals surface area contributed by atoms with Crippen LogP contribution < -0.4 is 10.6 Å². The molecule has 3 amide bonds. The highest BCUT2D eigenvalue weighted by atomic mass is 16.5. The van der Waals surface area contributed by atoms with E-state index >= 15 is 0 Å². The third kappa shape index (κ3) is 6.44. The molecular formula is C25H29N5O4. The maximum Gasteiger partial charge on any atom is 0.325 e. The highest BCUT2D eigenvalue weighted by Gasteiger charge is 2.22. The van der Waals surface area contributed by atoms with Gasteiger partial charge in [0, 0.05) is 17.7 Å². The van der Waals surface area contributed by atoms with Gasteiger partial charge in [-0.2, -0.15) is 5.10 Å². The Bertz CT molecular complexity index is 1110. The Kier molecular flexibility index (Phi) is 8.39. The van der Waals surface area contributed by atoms with Gasteiger partial charge in [0.05, 0.1) is 18.0 Å². The largest absolute Gasteiger partial charge is 0.465 e. The first-order valence-corrected chi connectivity index (χ1v) is 11.1. The number of amides is 3. The molecule has 0 spiro atoms. The van der Waals surface area contributed by atoms with Gasteiger partial charge in [-0.1, -0.05) is 48.5 Å². The highest BCUT2D eigenvalue weighted by Crippen LogP contribution is 2.24. The molecule has 0 radical (unpaired) electrons. The molecule has 0 saturated carbocycles. The molecule has 0 fully saturated rings. The predicted molar refractivity (Wildman–Crippen MR) is 130 cm³/mol. The molecule has 1 aromatic heterocycles. The van der Waals surface area contributed by atoms with Crippen LogP contribution in [0, 0.1) is 0 Å². The lowest BCUT2D eigenvalue weighted by molar-refractivity contribution is -0.141. The van der Waals surface area contributed by atoms with E-state index in [1.54, 1.807) is 31.5 Å². The van der Waals surface area contributed by atoms with Gasteiger partial charge in [0.1, 0.15) is 18.9 Å². The van der Waals surface area contributed by atoms with Crippen LogP contribution in [0.15, 0.2) is 66.7 Å². The summed E-state index contributed by atoms with van der Waals surface area (Å²) in [7, 11) is 0. The lowest BCUT2D eigenvalue weighted by Gasteiger charge is -2.26. The Hall–Kier alpha value is -4.14. The van der Waals surface area contributed by atoms with Crippen molar-refractivity contribution < 1.29 is 19.1 Å². The molecule has 0 atom stereocenters. The van der Waals surface area contributed by atoms with E-state index in [0.717, 1.165) is 11.3 Å². The summed E-state index contributed by atoms with van der Waals surface area (Å²) in [6, 6.07) is 20.1. The van der Waals surface area contributed by atoms with E-state index in [1.165, 1.54) is 4.90 Å². The summed E-state index contributed by atoms with van der Waals surface area (Å²) in [6.45, 7) is 5.03. The summed E-state index contributed by atoms with van der Waals surface area (Å²) in [5.74, 6) is -0.452. The number of hydrogen-bond donors (Lipinski definition) is 2. The third-order valence-corrected chi connectivity index (χ3v) is 4.93. The zero-order valence-corrected chi connectivity index (χ0v) is 19.5. The fourth-order valence-electron chi connectivity index (χ4n) is 3.27. The van der Waals surface area contributed by atoms with E-state index in [0.29, 0.717) is 11.5 Å². The molecule has 1 heterocycles. The van der Waals surface area contributed by atoms with Crippen molar-refractivity contribution in [1.29, 1.82) is 0 Å². The standard InChI is InChI=1S/C25H29N5O4/c1-4-34-24(32)16-26-25(33)29(18(2)3)17-23(31)27-22-15-21(19-11-7-5-8-12-19)28-30(22)20-13-9-6-10-14-20/h5-15,18H,4,16-17H2,1-3H3,(H,26,33)(H,27,31). The molecule has 9 heteroatoms. The Morgan fingerprint density at radius 2 is 1.68 bits per heavy atom. The van der Waals surface area contributed by atoms with Crippen LogP contribution in [0.2, 0.25) is 0 Å². The summed E-state index contributed by atoms with van der Waals surface area (Å²) < 4.78 is 6.48. The number of para-hydroxylation sites is 1. The average Bonchev–Trinajstić information content (AvgIpc) is 3.26. The first-order chi connectivity index (χ1) is 16.4. The number of rotatable bonds is 9.